The van der Waals surface area contributed by atoms with Crippen molar-refractivity contribution in [3.8, 4) is 0 Å². The Bertz CT molecular complexity index is 331. The zero-order chi connectivity index (χ0) is 9.97. The number of carbonyl (C=O) groups excluding carboxylic acids is 1. The van der Waals surface area contributed by atoms with E-state index in [9.17, 15) is 4.79 Å². The van der Waals surface area contributed by atoms with E-state index in [2.05, 4.69) is 9.59 Å². The van der Waals surface area contributed by atoms with E-state index in [4.69, 9.17) is 0 Å². The second-order valence-corrected chi connectivity index (χ2v) is 4.56. The number of nitrogens with zero attached hydrogens (tertiary/aromatic N) is 2. The van der Waals surface area contributed by atoms with Crippen molar-refractivity contribution in [3.63, 3.8) is 0 Å². The number of hydrogen-bond donors (Lipinski definition) is 0. The lowest BCUT2D eigenvalue weighted by molar-refractivity contribution is 0.0981. The summed E-state index contributed by atoms with van der Waals surface area (Å²) in [7, 11) is 0. The molecule has 0 unspecified atom stereocenters. The Hall–Kier alpha value is -0.770. The number of ketones is 1. The van der Waals surface area contributed by atoms with Gasteiger partial charge in [-0.25, -0.2) is 0 Å². The van der Waals surface area contributed by atoms with E-state index in [0.717, 1.165) is 29.3 Å². The largest absolute Gasteiger partial charge is 0.293 e. The normalized spacial score (nSPS) is 15.8. The first-order valence-corrected chi connectivity index (χ1v) is 5.93. The van der Waals surface area contributed by atoms with E-state index in [1.807, 2.05) is 6.92 Å². The molecule has 0 amide bonds. The SMILES string of the molecule is CCc1nnsc1C(=O)CCC1CC1. The van der Waals surface area contributed by atoms with Crippen LogP contribution in [0.4, 0.5) is 0 Å². The van der Waals surface area contributed by atoms with Gasteiger partial charge in [0.25, 0.3) is 0 Å². The molecule has 0 N–H and O–H groups in total. The third kappa shape index (κ3) is 2.18. The molecule has 4 heteroatoms. The van der Waals surface area contributed by atoms with Crippen molar-refractivity contribution in [1.29, 1.82) is 0 Å². The third-order valence-corrected chi connectivity index (χ3v) is 3.43. The fourth-order valence-corrected chi connectivity index (χ4v) is 2.22. The van der Waals surface area contributed by atoms with Crippen molar-refractivity contribution in [3.05, 3.63) is 10.6 Å². The Kier molecular flexibility index (Phi) is 2.91. The lowest BCUT2D eigenvalue weighted by Crippen LogP contribution is -2.00. The molecule has 76 valence electrons. The van der Waals surface area contributed by atoms with Crippen LogP contribution >= 0.6 is 11.5 Å². The standard InChI is InChI=1S/C10H14N2OS/c1-2-8-10(14-12-11-8)9(13)6-5-7-3-4-7/h7H,2-6H2,1H3. The zero-order valence-electron chi connectivity index (χ0n) is 8.32. The number of carbonyl (C=O) groups is 1. The number of aryl methyl sites for hydroxylation is 1. The predicted molar refractivity (Wildman–Crippen MR) is 55.6 cm³/mol. The molecule has 1 heterocycles. The van der Waals surface area contributed by atoms with Gasteiger partial charge < -0.3 is 0 Å². The molecular weight excluding hydrogens is 196 g/mol. The Morgan fingerprint density at radius 3 is 3.00 bits per heavy atom. The highest BCUT2D eigenvalue weighted by atomic mass is 32.1. The summed E-state index contributed by atoms with van der Waals surface area (Å²) < 4.78 is 3.83. The topological polar surface area (TPSA) is 42.9 Å². The molecule has 1 aromatic rings. The highest BCUT2D eigenvalue weighted by Crippen LogP contribution is 2.34. The molecule has 1 fully saturated rings. The summed E-state index contributed by atoms with van der Waals surface area (Å²) in [6, 6.07) is 0. The van der Waals surface area contributed by atoms with Crippen LogP contribution in [0.3, 0.4) is 0 Å². The summed E-state index contributed by atoms with van der Waals surface area (Å²) in [6.45, 7) is 2.01. The summed E-state index contributed by atoms with van der Waals surface area (Å²) in [5.41, 5.74) is 0.871. The molecule has 1 saturated carbocycles. The quantitative estimate of drug-likeness (QED) is 0.701. The van der Waals surface area contributed by atoms with E-state index >= 15 is 0 Å². The molecule has 0 atom stereocenters. The highest BCUT2D eigenvalue weighted by Gasteiger charge is 2.23. The van der Waals surface area contributed by atoms with Gasteiger partial charge in [-0.15, -0.1) is 5.10 Å². The molecule has 0 bridgehead atoms. The first-order valence-electron chi connectivity index (χ1n) is 5.15. The molecule has 1 aliphatic rings. The zero-order valence-corrected chi connectivity index (χ0v) is 9.14. The van der Waals surface area contributed by atoms with Gasteiger partial charge in [-0.05, 0) is 30.3 Å². The maximum Gasteiger partial charge on any atom is 0.176 e. The van der Waals surface area contributed by atoms with Crippen molar-refractivity contribution < 1.29 is 4.79 Å². The number of hydrogen-bond acceptors (Lipinski definition) is 4. The van der Waals surface area contributed by atoms with Crippen LogP contribution in [0.25, 0.3) is 0 Å². The van der Waals surface area contributed by atoms with Crippen LogP contribution in [0.2, 0.25) is 0 Å². The number of rotatable bonds is 5. The van der Waals surface area contributed by atoms with Gasteiger partial charge in [-0.3, -0.25) is 4.79 Å². The monoisotopic (exact) mass is 210 g/mol. The average Bonchev–Trinajstić information content (AvgIpc) is 2.90. The van der Waals surface area contributed by atoms with E-state index in [0.29, 0.717) is 6.42 Å². The van der Waals surface area contributed by atoms with E-state index in [1.165, 1.54) is 24.4 Å². The lowest BCUT2D eigenvalue weighted by Gasteiger charge is -1.97. The molecule has 0 aromatic carbocycles. The minimum absolute atomic E-state index is 0.240. The van der Waals surface area contributed by atoms with Gasteiger partial charge in [0.2, 0.25) is 0 Å². The van der Waals surface area contributed by atoms with Gasteiger partial charge in [0.1, 0.15) is 4.88 Å². The Morgan fingerprint density at radius 2 is 2.36 bits per heavy atom. The van der Waals surface area contributed by atoms with Crippen LogP contribution < -0.4 is 0 Å². The van der Waals surface area contributed by atoms with Crippen LogP contribution in [-0.4, -0.2) is 15.4 Å². The Morgan fingerprint density at radius 1 is 1.57 bits per heavy atom. The van der Waals surface area contributed by atoms with E-state index in [1.54, 1.807) is 0 Å². The molecule has 1 aromatic heterocycles. The molecule has 2 rings (SSSR count). The highest BCUT2D eigenvalue weighted by molar-refractivity contribution is 7.08. The van der Waals surface area contributed by atoms with Crippen LogP contribution in [0, 0.1) is 5.92 Å². The smallest absolute Gasteiger partial charge is 0.176 e. The second-order valence-electron chi connectivity index (χ2n) is 3.81. The second kappa shape index (κ2) is 4.17. The summed E-state index contributed by atoms with van der Waals surface area (Å²) in [6.07, 6.45) is 5.17. The number of aromatic nitrogens is 2. The predicted octanol–water partition coefficient (Wildman–Crippen LogP) is 2.47. The van der Waals surface area contributed by atoms with Gasteiger partial charge in [0, 0.05) is 6.42 Å². The first kappa shape index (κ1) is 9.77. The van der Waals surface area contributed by atoms with Gasteiger partial charge in [-0.1, -0.05) is 24.3 Å². The molecular formula is C10H14N2OS. The summed E-state index contributed by atoms with van der Waals surface area (Å²) in [4.78, 5) is 12.5. The molecule has 0 spiro atoms. The lowest BCUT2D eigenvalue weighted by atomic mass is 10.1. The fourth-order valence-electron chi connectivity index (χ4n) is 1.51. The molecule has 1 aliphatic carbocycles. The average molecular weight is 210 g/mol. The maximum absolute atomic E-state index is 11.7. The van der Waals surface area contributed by atoms with Gasteiger partial charge in [-0.2, -0.15) is 0 Å². The summed E-state index contributed by atoms with van der Waals surface area (Å²) in [5.74, 6) is 1.06. The van der Waals surface area contributed by atoms with Crippen LogP contribution in [0.15, 0.2) is 0 Å². The van der Waals surface area contributed by atoms with Crippen molar-refractivity contribution >= 4 is 17.3 Å². The van der Waals surface area contributed by atoms with Crippen molar-refractivity contribution in [1.82, 2.24) is 9.59 Å². The minimum Gasteiger partial charge on any atom is -0.293 e. The van der Waals surface area contributed by atoms with Crippen molar-refractivity contribution in [2.45, 2.75) is 39.0 Å². The molecule has 14 heavy (non-hydrogen) atoms. The van der Waals surface area contributed by atoms with Gasteiger partial charge >= 0.3 is 0 Å². The van der Waals surface area contributed by atoms with Crippen molar-refractivity contribution in [2.24, 2.45) is 5.92 Å². The van der Waals surface area contributed by atoms with Crippen LogP contribution in [-0.2, 0) is 6.42 Å². The van der Waals surface area contributed by atoms with E-state index in [-0.39, 0.29) is 5.78 Å². The maximum atomic E-state index is 11.7. The van der Waals surface area contributed by atoms with E-state index < -0.39 is 0 Å². The minimum atomic E-state index is 0.240. The molecule has 0 aliphatic heterocycles. The summed E-state index contributed by atoms with van der Waals surface area (Å²) in [5, 5.41) is 3.95. The van der Waals surface area contributed by atoms with Gasteiger partial charge in [0.05, 0.1) is 5.69 Å². The Balaban J connectivity index is 1.94. The third-order valence-electron chi connectivity index (χ3n) is 2.62. The van der Waals surface area contributed by atoms with Crippen molar-refractivity contribution in [2.75, 3.05) is 0 Å². The van der Waals surface area contributed by atoms with Crippen LogP contribution in [0.1, 0.15) is 48.0 Å². The van der Waals surface area contributed by atoms with Gasteiger partial charge in [0.15, 0.2) is 5.78 Å². The first-order chi connectivity index (χ1) is 6.81. The van der Waals surface area contributed by atoms with Crippen LogP contribution in [0.5, 0.6) is 0 Å². The Labute approximate surface area is 87.7 Å². The number of Topliss-reactive ketones (excluding diaryl/α,β-unsaturated/α-hetero) is 1. The molecule has 0 saturated heterocycles. The molecule has 3 nitrogen and oxygen atoms in total. The summed E-state index contributed by atoms with van der Waals surface area (Å²) >= 11 is 1.24. The molecule has 0 radical (unpaired) electrons. The fraction of sp³-hybridized carbons (Fsp3) is 0.700.